The SMILES string of the molecule is CCOC(=O)[C@H]1CCCN(CC(=O)N2N=C(c3cccc(C)c3)C[C@H]2c2ccccc2F)C1. The second kappa shape index (κ2) is 10.3. The van der Waals surface area contributed by atoms with Gasteiger partial charge in [-0.2, -0.15) is 5.10 Å². The van der Waals surface area contributed by atoms with E-state index in [1.54, 1.807) is 25.1 Å². The maximum Gasteiger partial charge on any atom is 0.310 e. The van der Waals surface area contributed by atoms with Crippen LogP contribution in [0.1, 0.15) is 48.9 Å². The zero-order chi connectivity index (χ0) is 23.4. The first-order valence-electron chi connectivity index (χ1n) is 11.6. The number of hydrogen-bond donors (Lipinski definition) is 0. The lowest BCUT2D eigenvalue weighted by Gasteiger charge is -2.32. The maximum absolute atomic E-state index is 14.7. The van der Waals surface area contributed by atoms with Crippen molar-refractivity contribution in [3.05, 3.63) is 71.0 Å². The monoisotopic (exact) mass is 451 g/mol. The molecule has 2 aliphatic heterocycles. The molecule has 0 radical (unpaired) electrons. The molecule has 1 saturated heterocycles. The van der Waals surface area contributed by atoms with Gasteiger partial charge in [-0.05, 0) is 44.9 Å². The number of likely N-dealkylation sites (tertiary alicyclic amines) is 1. The molecule has 0 aromatic heterocycles. The molecule has 2 aromatic carbocycles. The lowest BCUT2D eigenvalue weighted by Crippen LogP contribution is -2.45. The van der Waals surface area contributed by atoms with Gasteiger partial charge >= 0.3 is 5.97 Å². The first-order chi connectivity index (χ1) is 16.0. The Hall–Kier alpha value is -3.06. The van der Waals surface area contributed by atoms with Crippen LogP contribution in [0, 0.1) is 18.7 Å². The molecule has 1 fully saturated rings. The van der Waals surface area contributed by atoms with Gasteiger partial charge in [0.05, 0.1) is 30.8 Å². The van der Waals surface area contributed by atoms with Gasteiger partial charge in [-0.1, -0.05) is 48.0 Å². The average Bonchev–Trinajstić information content (AvgIpc) is 3.25. The molecule has 0 aliphatic carbocycles. The first-order valence-corrected chi connectivity index (χ1v) is 11.6. The van der Waals surface area contributed by atoms with Gasteiger partial charge in [0.1, 0.15) is 5.82 Å². The minimum absolute atomic E-state index is 0.130. The van der Waals surface area contributed by atoms with Crippen LogP contribution in [-0.2, 0) is 14.3 Å². The third-order valence-corrected chi connectivity index (χ3v) is 6.27. The van der Waals surface area contributed by atoms with E-state index >= 15 is 0 Å². The maximum atomic E-state index is 14.7. The van der Waals surface area contributed by atoms with E-state index in [0.29, 0.717) is 25.1 Å². The molecule has 0 saturated carbocycles. The van der Waals surface area contributed by atoms with Crippen LogP contribution in [0.2, 0.25) is 0 Å². The summed E-state index contributed by atoms with van der Waals surface area (Å²) in [4.78, 5) is 27.6. The normalized spacial score (nSPS) is 21.1. The van der Waals surface area contributed by atoms with Crippen molar-refractivity contribution in [1.82, 2.24) is 9.91 Å². The predicted molar refractivity (Wildman–Crippen MR) is 124 cm³/mol. The molecular weight excluding hydrogens is 421 g/mol. The fraction of sp³-hybridized carbons (Fsp3) is 0.423. The van der Waals surface area contributed by atoms with Crippen molar-refractivity contribution < 1.29 is 18.7 Å². The number of piperidine rings is 1. The molecule has 0 unspecified atom stereocenters. The Labute approximate surface area is 194 Å². The molecule has 2 atom stereocenters. The highest BCUT2D eigenvalue weighted by Crippen LogP contribution is 2.34. The van der Waals surface area contributed by atoms with Crippen LogP contribution in [0.5, 0.6) is 0 Å². The lowest BCUT2D eigenvalue weighted by molar-refractivity contribution is -0.150. The highest BCUT2D eigenvalue weighted by atomic mass is 19.1. The van der Waals surface area contributed by atoms with Crippen molar-refractivity contribution in [1.29, 1.82) is 0 Å². The zero-order valence-corrected chi connectivity index (χ0v) is 19.2. The molecule has 7 heteroatoms. The number of carbonyl (C=O) groups excluding carboxylic acids is 2. The van der Waals surface area contributed by atoms with Crippen molar-refractivity contribution in [2.24, 2.45) is 11.0 Å². The summed E-state index contributed by atoms with van der Waals surface area (Å²) >= 11 is 0. The van der Waals surface area contributed by atoms with Crippen LogP contribution >= 0.6 is 0 Å². The number of nitrogens with zero attached hydrogens (tertiary/aromatic N) is 3. The summed E-state index contributed by atoms with van der Waals surface area (Å²) in [5.41, 5.74) is 3.26. The average molecular weight is 452 g/mol. The van der Waals surface area contributed by atoms with E-state index in [2.05, 4.69) is 5.10 Å². The molecule has 33 heavy (non-hydrogen) atoms. The van der Waals surface area contributed by atoms with E-state index in [4.69, 9.17) is 4.74 Å². The fourth-order valence-electron chi connectivity index (χ4n) is 4.64. The van der Waals surface area contributed by atoms with Gasteiger partial charge in [-0.3, -0.25) is 14.5 Å². The Morgan fingerprint density at radius 1 is 1.18 bits per heavy atom. The molecule has 0 N–H and O–H groups in total. The summed E-state index contributed by atoms with van der Waals surface area (Å²) < 4.78 is 19.9. The summed E-state index contributed by atoms with van der Waals surface area (Å²) in [6.45, 7) is 5.49. The Balaban J connectivity index is 1.55. The van der Waals surface area contributed by atoms with Gasteiger partial charge in [0.25, 0.3) is 5.91 Å². The van der Waals surface area contributed by atoms with E-state index in [1.165, 1.54) is 11.1 Å². The molecule has 6 nitrogen and oxygen atoms in total. The third-order valence-electron chi connectivity index (χ3n) is 6.27. The minimum atomic E-state index is -0.500. The van der Waals surface area contributed by atoms with E-state index in [1.807, 2.05) is 36.1 Å². The van der Waals surface area contributed by atoms with Crippen molar-refractivity contribution in [2.45, 2.75) is 39.2 Å². The van der Waals surface area contributed by atoms with Crippen LogP contribution in [0.4, 0.5) is 4.39 Å². The first kappa shape index (κ1) is 23.1. The summed E-state index contributed by atoms with van der Waals surface area (Å²) in [5.74, 6) is -0.977. The second-order valence-electron chi connectivity index (χ2n) is 8.72. The Morgan fingerprint density at radius 2 is 2.00 bits per heavy atom. The summed E-state index contributed by atoms with van der Waals surface area (Å²) in [6, 6.07) is 14.0. The van der Waals surface area contributed by atoms with E-state index in [9.17, 15) is 14.0 Å². The smallest absolute Gasteiger partial charge is 0.310 e. The fourth-order valence-corrected chi connectivity index (χ4v) is 4.64. The third kappa shape index (κ3) is 5.30. The second-order valence-corrected chi connectivity index (χ2v) is 8.72. The van der Waals surface area contributed by atoms with E-state index in [0.717, 1.165) is 36.2 Å². The molecule has 2 aliphatic rings. The Morgan fingerprint density at radius 3 is 2.76 bits per heavy atom. The van der Waals surface area contributed by atoms with Crippen molar-refractivity contribution in [3.63, 3.8) is 0 Å². The molecule has 1 amide bonds. The molecular formula is C26H30FN3O3. The summed E-state index contributed by atoms with van der Waals surface area (Å²) in [5, 5.41) is 6.10. The van der Waals surface area contributed by atoms with Crippen LogP contribution < -0.4 is 0 Å². The number of rotatable bonds is 6. The number of hydrazone groups is 1. The number of ether oxygens (including phenoxy) is 1. The van der Waals surface area contributed by atoms with Gasteiger partial charge < -0.3 is 4.74 Å². The van der Waals surface area contributed by atoms with Gasteiger partial charge in [-0.15, -0.1) is 0 Å². The minimum Gasteiger partial charge on any atom is -0.466 e. The largest absolute Gasteiger partial charge is 0.466 e. The number of carbonyl (C=O) groups is 2. The molecule has 0 bridgehead atoms. The van der Waals surface area contributed by atoms with Crippen LogP contribution in [0.3, 0.4) is 0 Å². The number of hydrogen-bond acceptors (Lipinski definition) is 5. The van der Waals surface area contributed by atoms with Gasteiger partial charge in [0, 0.05) is 18.5 Å². The van der Waals surface area contributed by atoms with E-state index in [-0.39, 0.29) is 30.2 Å². The van der Waals surface area contributed by atoms with Gasteiger partial charge in [0.2, 0.25) is 0 Å². The van der Waals surface area contributed by atoms with Gasteiger partial charge in [-0.25, -0.2) is 9.40 Å². The van der Waals surface area contributed by atoms with Crippen LogP contribution in [0.25, 0.3) is 0 Å². The number of amides is 1. The molecule has 174 valence electrons. The van der Waals surface area contributed by atoms with Crippen LogP contribution in [-0.4, -0.2) is 53.7 Å². The molecule has 2 heterocycles. The number of benzene rings is 2. The van der Waals surface area contributed by atoms with Crippen LogP contribution in [0.15, 0.2) is 53.6 Å². The summed E-state index contributed by atoms with van der Waals surface area (Å²) in [6.07, 6.45) is 2.04. The number of esters is 1. The van der Waals surface area contributed by atoms with Crippen molar-refractivity contribution >= 4 is 17.6 Å². The number of aryl methyl sites for hydroxylation is 1. The molecule has 0 spiro atoms. The number of halogens is 1. The standard InChI is InChI=1S/C26H30FN3O3/c1-3-33-26(32)20-10-7-13-29(16-20)17-25(31)30-24(21-11-4-5-12-22(21)27)15-23(28-30)19-9-6-8-18(2)14-19/h4-6,8-9,11-12,14,20,24H,3,7,10,13,15-17H2,1-2H3/t20-,24-/m0/s1. The zero-order valence-electron chi connectivity index (χ0n) is 19.2. The van der Waals surface area contributed by atoms with E-state index < -0.39 is 6.04 Å². The lowest BCUT2D eigenvalue weighted by atomic mass is 9.97. The summed E-state index contributed by atoms with van der Waals surface area (Å²) in [7, 11) is 0. The van der Waals surface area contributed by atoms with Gasteiger partial charge in [0.15, 0.2) is 0 Å². The Kier molecular flexibility index (Phi) is 7.18. The predicted octanol–water partition coefficient (Wildman–Crippen LogP) is 4.09. The Bertz CT molecular complexity index is 1050. The van der Waals surface area contributed by atoms with Crippen molar-refractivity contribution in [2.75, 3.05) is 26.2 Å². The molecule has 2 aromatic rings. The highest BCUT2D eigenvalue weighted by molar-refractivity contribution is 6.03. The molecule has 4 rings (SSSR count). The van der Waals surface area contributed by atoms with Crippen molar-refractivity contribution in [3.8, 4) is 0 Å². The highest BCUT2D eigenvalue weighted by Gasteiger charge is 2.36. The topological polar surface area (TPSA) is 62.2 Å². The quantitative estimate of drug-likeness (QED) is 0.621.